The van der Waals surface area contributed by atoms with Gasteiger partial charge in [-0.1, -0.05) is 0 Å². The SMILES string of the molecule is CNC(=O)CNC(=O)c1cc([N+](=O)[O-])ccc1Br. The zero-order valence-corrected chi connectivity index (χ0v) is 11.0. The normalized spacial score (nSPS) is 9.67. The Labute approximate surface area is 111 Å². The summed E-state index contributed by atoms with van der Waals surface area (Å²) in [5.41, 5.74) is -0.0867. The zero-order chi connectivity index (χ0) is 13.7. The topological polar surface area (TPSA) is 101 Å². The number of nitrogens with one attached hydrogen (secondary N) is 2. The maximum absolute atomic E-state index is 11.7. The number of nitro groups is 1. The average Bonchev–Trinajstić information content (AvgIpc) is 2.35. The molecule has 0 atom stereocenters. The molecule has 2 N–H and O–H groups in total. The minimum Gasteiger partial charge on any atom is -0.358 e. The summed E-state index contributed by atoms with van der Waals surface area (Å²) >= 11 is 3.12. The largest absolute Gasteiger partial charge is 0.358 e. The second-order valence-corrected chi connectivity index (χ2v) is 4.13. The fourth-order valence-electron chi connectivity index (χ4n) is 1.15. The van der Waals surface area contributed by atoms with Gasteiger partial charge in [0.25, 0.3) is 11.6 Å². The minimum atomic E-state index is -0.595. The van der Waals surface area contributed by atoms with E-state index in [4.69, 9.17) is 0 Å². The van der Waals surface area contributed by atoms with E-state index in [1.54, 1.807) is 0 Å². The van der Waals surface area contributed by atoms with Crippen molar-refractivity contribution >= 4 is 33.4 Å². The highest BCUT2D eigenvalue weighted by atomic mass is 79.9. The number of benzene rings is 1. The standard InChI is InChI=1S/C10H10BrN3O4/c1-12-9(15)5-13-10(16)7-4-6(14(17)18)2-3-8(7)11/h2-4H,5H2,1H3,(H,12,15)(H,13,16). The number of carbonyl (C=O) groups is 2. The summed E-state index contributed by atoms with van der Waals surface area (Å²) in [6, 6.07) is 3.83. The van der Waals surface area contributed by atoms with Crippen LogP contribution in [0.1, 0.15) is 10.4 Å². The first-order valence-electron chi connectivity index (χ1n) is 4.88. The number of hydrogen-bond acceptors (Lipinski definition) is 4. The third-order valence-electron chi connectivity index (χ3n) is 2.09. The van der Waals surface area contributed by atoms with Crippen molar-refractivity contribution in [3.63, 3.8) is 0 Å². The van der Waals surface area contributed by atoms with Crippen molar-refractivity contribution in [3.05, 3.63) is 38.3 Å². The lowest BCUT2D eigenvalue weighted by atomic mass is 10.2. The first kappa shape index (κ1) is 14.1. The van der Waals surface area contributed by atoms with E-state index in [0.717, 1.165) is 6.07 Å². The second kappa shape index (κ2) is 6.10. The fourth-order valence-corrected chi connectivity index (χ4v) is 1.57. The zero-order valence-electron chi connectivity index (χ0n) is 9.40. The molecule has 1 aromatic carbocycles. The van der Waals surface area contributed by atoms with Crippen LogP contribution in [0.2, 0.25) is 0 Å². The van der Waals surface area contributed by atoms with Crippen LogP contribution >= 0.6 is 15.9 Å². The van der Waals surface area contributed by atoms with Crippen LogP contribution in [0.5, 0.6) is 0 Å². The molecule has 1 rings (SSSR count). The molecule has 8 heteroatoms. The van der Waals surface area contributed by atoms with Crippen molar-refractivity contribution in [2.75, 3.05) is 13.6 Å². The Balaban J connectivity index is 2.87. The predicted molar refractivity (Wildman–Crippen MR) is 67.2 cm³/mol. The molecule has 18 heavy (non-hydrogen) atoms. The fraction of sp³-hybridized carbons (Fsp3) is 0.200. The first-order chi connectivity index (χ1) is 8.45. The van der Waals surface area contributed by atoms with Crippen molar-refractivity contribution in [1.29, 1.82) is 0 Å². The molecule has 0 aliphatic rings. The molecule has 0 aromatic heterocycles. The van der Waals surface area contributed by atoms with Gasteiger partial charge >= 0.3 is 0 Å². The van der Waals surface area contributed by atoms with Crippen LogP contribution in [-0.4, -0.2) is 30.3 Å². The molecule has 0 radical (unpaired) electrons. The van der Waals surface area contributed by atoms with Crippen molar-refractivity contribution < 1.29 is 14.5 Å². The quantitative estimate of drug-likeness (QED) is 0.634. The lowest BCUT2D eigenvalue weighted by molar-refractivity contribution is -0.384. The number of likely N-dealkylation sites (N-methyl/N-ethyl adjacent to an activating group) is 1. The van der Waals surface area contributed by atoms with Crippen molar-refractivity contribution in [2.45, 2.75) is 0 Å². The van der Waals surface area contributed by atoms with E-state index in [1.807, 2.05) is 0 Å². The maximum Gasteiger partial charge on any atom is 0.270 e. The number of nitrogens with zero attached hydrogens (tertiary/aromatic N) is 1. The third kappa shape index (κ3) is 3.52. The number of halogens is 1. The molecule has 96 valence electrons. The summed E-state index contributed by atoms with van der Waals surface area (Å²) < 4.78 is 0.419. The van der Waals surface area contributed by atoms with Gasteiger partial charge in [0.15, 0.2) is 0 Å². The van der Waals surface area contributed by atoms with Gasteiger partial charge < -0.3 is 10.6 Å². The van der Waals surface area contributed by atoms with Gasteiger partial charge in [0, 0.05) is 23.7 Å². The number of non-ortho nitro benzene ring substituents is 1. The van der Waals surface area contributed by atoms with Gasteiger partial charge in [-0.3, -0.25) is 19.7 Å². The summed E-state index contributed by atoms with van der Waals surface area (Å²) in [6.45, 7) is -0.190. The van der Waals surface area contributed by atoms with Gasteiger partial charge in [0.2, 0.25) is 5.91 Å². The molecular formula is C10H10BrN3O4. The van der Waals surface area contributed by atoms with E-state index in [2.05, 4.69) is 26.6 Å². The number of amides is 2. The molecule has 0 unspecified atom stereocenters. The van der Waals surface area contributed by atoms with E-state index in [1.165, 1.54) is 19.2 Å². The van der Waals surface area contributed by atoms with Crippen LogP contribution < -0.4 is 10.6 Å². The van der Waals surface area contributed by atoms with Crippen LogP contribution in [0.3, 0.4) is 0 Å². The summed E-state index contributed by atoms with van der Waals surface area (Å²) in [6.07, 6.45) is 0. The molecule has 0 aliphatic heterocycles. The van der Waals surface area contributed by atoms with Crippen LogP contribution in [0, 0.1) is 10.1 Å². The van der Waals surface area contributed by atoms with Gasteiger partial charge in [0.1, 0.15) is 0 Å². The van der Waals surface area contributed by atoms with Gasteiger partial charge in [-0.2, -0.15) is 0 Å². The van der Waals surface area contributed by atoms with E-state index >= 15 is 0 Å². The monoisotopic (exact) mass is 315 g/mol. The molecule has 0 heterocycles. The summed E-state index contributed by atoms with van der Waals surface area (Å²) in [5.74, 6) is -0.918. The Bertz CT molecular complexity index is 504. The highest BCUT2D eigenvalue weighted by Gasteiger charge is 2.15. The van der Waals surface area contributed by atoms with Crippen LogP contribution in [0.4, 0.5) is 5.69 Å². The Kier molecular flexibility index (Phi) is 4.78. The third-order valence-corrected chi connectivity index (χ3v) is 2.79. The minimum absolute atomic E-state index is 0.105. The molecule has 0 spiro atoms. The highest BCUT2D eigenvalue weighted by Crippen LogP contribution is 2.22. The molecule has 2 amide bonds. The molecule has 0 saturated heterocycles. The van der Waals surface area contributed by atoms with E-state index in [0.29, 0.717) is 4.47 Å². The van der Waals surface area contributed by atoms with Gasteiger partial charge in [0.05, 0.1) is 17.0 Å². The maximum atomic E-state index is 11.7. The van der Waals surface area contributed by atoms with Crippen LogP contribution in [0.15, 0.2) is 22.7 Å². The Morgan fingerprint density at radius 2 is 2.11 bits per heavy atom. The summed E-state index contributed by atoms with van der Waals surface area (Å²) in [4.78, 5) is 32.7. The van der Waals surface area contributed by atoms with Gasteiger partial charge in [-0.15, -0.1) is 0 Å². The number of nitro benzene ring substituents is 1. The lowest BCUT2D eigenvalue weighted by Gasteiger charge is -2.06. The van der Waals surface area contributed by atoms with E-state index in [-0.39, 0.29) is 23.7 Å². The first-order valence-corrected chi connectivity index (χ1v) is 5.67. The van der Waals surface area contributed by atoms with Crippen LogP contribution in [0.25, 0.3) is 0 Å². The summed E-state index contributed by atoms with van der Waals surface area (Å²) in [5, 5.41) is 15.3. The molecule has 0 aliphatic carbocycles. The Hall–Kier alpha value is -1.96. The van der Waals surface area contributed by atoms with Crippen molar-refractivity contribution in [1.82, 2.24) is 10.6 Å². The number of hydrogen-bond donors (Lipinski definition) is 2. The molecule has 1 aromatic rings. The smallest absolute Gasteiger partial charge is 0.270 e. The summed E-state index contributed by atoms with van der Waals surface area (Å²) in [7, 11) is 1.44. The average molecular weight is 316 g/mol. The van der Waals surface area contributed by atoms with Crippen molar-refractivity contribution in [2.24, 2.45) is 0 Å². The second-order valence-electron chi connectivity index (χ2n) is 3.28. The molecule has 0 saturated carbocycles. The molecule has 0 bridgehead atoms. The van der Waals surface area contributed by atoms with Crippen molar-refractivity contribution in [3.8, 4) is 0 Å². The van der Waals surface area contributed by atoms with Crippen LogP contribution in [-0.2, 0) is 4.79 Å². The number of rotatable bonds is 4. The highest BCUT2D eigenvalue weighted by molar-refractivity contribution is 9.10. The lowest BCUT2D eigenvalue weighted by Crippen LogP contribution is -2.35. The Morgan fingerprint density at radius 1 is 1.44 bits per heavy atom. The molecule has 7 nitrogen and oxygen atoms in total. The van der Waals surface area contributed by atoms with Gasteiger partial charge in [-0.25, -0.2) is 0 Å². The van der Waals surface area contributed by atoms with E-state index < -0.39 is 10.8 Å². The predicted octanol–water partition coefficient (Wildman–Crippen LogP) is 0.833. The van der Waals surface area contributed by atoms with Gasteiger partial charge in [-0.05, 0) is 22.0 Å². The molecular weight excluding hydrogens is 306 g/mol. The molecule has 0 fully saturated rings. The Morgan fingerprint density at radius 3 is 2.67 bits per heavy atom. The number of carbonyl (C=O) groups excluding carboxylic acids is 2. The van der Waals surface area contributed by atoms with E-state index in [9.17, 15) is 19.7 Å².